The Balaban J connectivity index is 2.33. The first-order valence-electron chi connectivity index (χ1n) is 5.60. The third kappa shape index (κ3) is 2.40. The maximum Gasteiger partial charge on any atom is 0.347 e. The number of thiophene rings is 1. The van der Waals surface area contributed by atoms with Gasteiger partial charge in [0.1, 0.15) is 28.4 Å². The molecule has 2 aromatic heterocycles. The monoisotopic (exact) mass is 370 g/mol. The van der Waals surface area contributed by atoms with E-state index < -0.39 is 17.6 Å². The van der Waals surface area contributed by atoms with E-state index in [1.807, 2.05) is 0 Å². The molecule has 0 aliphatic rings. The van der Waals surface area contributed by atoms with Crippen molar-refractivity contribution >= 4 is 43.5 Å². The van der Waals surface area contributed by atoms with Crippen LogP contribution in [-0.2, 0) is 0 Å². The predicted octanol–water partition coefficient (Wildman–Crippen LogP) is 4.10. The van der Waals surface area contributed by atoms with Crippen LogP contribution in [0, 0.1) is 11.6 Å². The molecule has 0 aliphatic carbocycles. The summed E-state index contributed by atoms with van der Waals surface area (Å²) in [7, 11) is 0. The summed E-state index contributed by atoms with van der Waals surface area (Å²) < 4.78 is 27.5. The summed E-state index contributed by atoms with van der Waals surface area (Å²) in [6.07, 6.45) is 1.23. The standard InChI is InChI=1S/C13H5BrF2N2O2S/c14-8-10-12(21-11(8)13(19)20)9(17-4-18-10)5-1-6(15)3-7(16)2-5/h1-4H,(H,19,20). The Bertz CT molecular complexity index is 862. The fraction of sp³-hybridized carbons (Fsp3) is 0. The summed E-state index contributed by atoms with van der Waals surface area (Å²) in [5.74, 6) is -2.57. The summed E-state index contributed by atoms with van der Waals surface area (Å²) in [6.45, 7) is 0. The summed E-state index contributed by atoms with van der Waals surface area (Å²) in [4.78, 5) is 19.3. The van der Waals surface area contributed by atoms with Gasteiger partial charge in [0.05, 0.1) is 14.9 Å². The van der Waals surface area contributed by atoms with Crippen molar-refractivity contribution in [1.29, 1.82) is 0 Å². The average molecular weight is 371 g/mol. The Kier molecular flexibility index (Phi) is 3.42. The number of nitrogens with zero attached hydrogens (tertiary/aromatic N) is 2. The predicted molar refractivity (Wildman–Crippen MR) is 77.4 cm³/mol. The lowest BCUT2D eigenvalue weighted by molar-refractivity contribution is 0.0701. The molecule has 106 valence electrons. The molecule has 21 heavy (non-hydrogen) atoms. The highest BCUT2D eigenvalue weighted by atomic mass is 79.9. The van der Waals surface area contributed by atoms with Crippen LogP contribution in [-0.4, -0.2) is 21.0 Å². The molecule has 0 aliphatic heterocycles. The maximum atomic E-state index is 13.3. The lowest BCUT2D eigenvalue weighted by Gasteiger charge is -2.02. The Labute approximate surface area is 129 Å². The van der Waals surface area contributed by atoms with Gasteiger partial charge in [-0.1, -0.05) is 0 Å². The van der Waals surface area contributed by atoms with Crippen LogP contribution in [0.1, 0.15) is 9.67 Å². The number of carbonyl (C=O) groups is 1. The molecule has 0 amide bonds. The molecule has 8 heteroatoms. The SMILES string of the molecule is O=C(O)c1sc2c(-c3cc(F)cc(F)c3)ncnc2c1Br. The van der Waals surface area contributed by atoms with Crippen molar-refractivity contribution in [3.8, 4) is 11.3 Å². The quantitative estimate of drug-likeness (QED) is 0.737. The average Bonchev–Trinajstić information content (AvgIpc) is 2.75. The molecule has 3 rings (SSSR count). The molecule has 0 fully saturated rings. The van der Waals surface area contributed by atoms with Gasteiger partial charge in [0.25, 0.3) is 0 Å². The van der Waals surface area contributed by atoms with Gasteiger partial charge in [-0.2, -0.15) is 0 Å². The van der Waals surface area contributed by atoms with Crippen LogP contribution in [0.3, 0.4) is 0 Å². The highest BCUT2D eigenvalue weighted by Crippen LogP contribution is 2.38. The zero-order chi connectivity index (χ0) is 15.1. The number of aromatic carboxylic acids is 1. The smallest absolute Gasteiger partial charge is 0.347 e. The number of fused-ring (bicyclic) bond motifs is 1. The zero-order valence-corrected chi connectivity index (χ0v) is 12.5. The van der Waals surface area contributed by atoms with E-state index in [-0.39, 0.29) is 16.1 Å². The molecular weight excluding hydrogens is 366 g/mol. The Hall–Kier alpha value is -1.93. The van der Waals surface area contributed by atoms with Crippen LogP contribution in [0.25, 0.3) is 21.5 Å². The number of carboxylic acids is 1. The van der Waals surface area contributed by atoms with E-state index in [0.29, 0.717) is 14.7 Å². The van der Waals surface area contributed by atoms with Crippen LogP contribution >= 0.6 is 27.3 Å². The lowest BCUT2D eigenvalue weighted by Crippen LogP contribution is -1.91. The van der Waals surface area contributed by atoms with Crippen LogP contribution in [0.4, 0.5) is 8.78 Å². The molecule has 2 heterocycles. The van der Waals surface area contributed by atoms with Crippen molar-refractivity contribution in [2.75, 3.05) is 0 Å². The fourth-order valence-electron chi connectivity index (χ4n) is 1.91. The molecule has 1 N–H and O–H groups in total. The third-order valence-corrected chi connectivity index (χ3v) is 4.95. The summed E-state index contributed by atoms with van der Waals surface area (Å²) >= 11 is 4.13. The van der Waals surface area contributed by atoms with E-state index in [1.165, 1.54) is 6.33 Å². The molecule has 4 nitrogen and oxygen atoms in total. The largest absolute Gasteiger partial charge is 0.477 e. The Morgan fingerprint density at radius 1 is 1.19 bits per heavy atom. The molecule has 0 bridgehead atoms. The molecule has 0 radical (unpaired) electrons. The first kappa shape index (κ1) is 14.0. The van der Waals surface area contributed by atoms with Crippen molar-refractivity contribution < 1.29 is 18.7 Å². The third-order valence-electron chi connectivity index (χ3n) is 2.75. The topological polar surface area (TPSA) is 63.1 Å². The van der Waals surface area contributed by atoms with Crippen LogP contribution in [0.2, 0.25) is 0 Å². The summed E-state index contributed by atoms with van der Waals surface area (Å²) in [6, 6.07) is 3.03. The van der Waals surface area contributed by atoms with Gasteiger partial charge in [-0.15, -0.1) is 11.3 Å². The number of halogens is 3. The van der Waals surface area contributed by atoms with E-state index in [0.717, 1.165) is 29.5 Å². The minimum absolute atomic E-state index is 0.0589. The zero-order valence-electron chi connectivity index (χ0n) is 10.1. The van der Waals surface area contributed by atoms with Gasteiger partial charge in [0.2, 0.25) is 0 Å². The van der Waals surface area contributed by atoms with Crippen molar-refractivity contribution in [1.82, 2.24) is 9.97 Å². The van der Waals surface area contributed by atoms with E-state index >= 15 is 0 Å². The number of benzene rings is 1. The number of carboxylic acid groups (broad SMARTS) is 1. The van der Waals surface area contributed by atoms with E-state index in [1.54, 1.807) is 0 Å². The van der Waals surface area contributed by atoms with Crippen molar-refractivity contribution in [2.24, 2.45) is 0 Å². The second kappa shape index (κ2) is 5.12. The van der Waals surface area contributed by atoms with E-state index in [4.69, 9.17) is 5.11 Å². The van der Waals surface area contributed by atoms with Gasteiger partial charge < -0.3 is 5.11 Å². The normalized spacial score (nSPS) is 11.0. The van der Waals surface area contributed by atoms with Gasteiger partial charge in [-0.25, -0.2) is 23.5 Å². The molecule has 0 saturated carbocycles. The van der Waals surface area contributed by atoms with Crippen molar-refractivity contribution in [3.05, 3.63) is 45.5 Å². The van der Waals surface area contributed by atoms with Gasteiger partial charge in [-0.05, 0) is 28.1 Å². The van der Waals surface area contributed by atoms with Gasteiger partial charge in [0, 0.05) is 11.6 Å². The van der Waals surface area contributed by atoms with Crippen LogP contribution in [0.5, 0.6) is 0 Å². The van der Waals surface area contributed by atoms with Gasteiger partial charge in [0.15, 0.2) is 0 Å². The maximum absolute atomic E-state index is 13.3. The Morgan fingerprint density at radius 3 is 2.48 bits per heavy atom. The molecule has 0 saturated heterocycles. The van der Waals surface area contributed by atoms with Crippen LogP contribution in [0.15, 0.2) is 29.0 Å². The first-order valence-corrected chi connectivity index (χ1v) is 7.21. The van der Waals surface area contributed by atoms with Crippen LogP contribution < -0.4 is 0 Å². The molecule has 0 atom stereocenters. The molecule has 3 aromatic rings. The first-order chi connectivity index (χ1) is 9.97. The minimum Gasteiger partial charge on any atom is -0.477 e. The minimum atomic E-state index is -1.11. The van der Waals surface area contributed by atoms with E-state index in [9.17, 15) is 13.6 Å². The molecule has 0 spiro atoms. The Morgan fingerprint density at radius 2 is 1.86 bits per heavy atom. The molecular formula is C13H5BrF2N2O2S. The molecule has 0 unspecified atom stereocenters. The summed E-state index contributed by atoms with van der Waals surface area (Å²) in [5.41, 5.74) is 0.911. The number of rotatable bonds is 2. The van der Waals surface area contributed by atoms with Gasteiger partial charge in [-0.3, -0.25) is 0 Å². The highest BCUT2D eigenvalue weighted by molar-refractivity contribution is 9.10. The second-order valence-corrected chi connectivity index (χ2v) is 5.92. The second-order valence-electron chi connectivity index (χ2n) is 4.11. The van der Waals surface area contributed by atoms with E-state index in [2.05, 4.69) is 25.9 Å². The van der Waals surface area contributed by atoms with Crippen molar-refractivity contribution in [3.63, 3.8) is 0 Å². The lowest BCUT2D eigenvalue weighted by atomic mass is 10.1. The molecule has 1 aromatic carbocycles. The summed E-state index contributed by atoms with van der Waals surface area (Å²) in [5, 5.41) is 9.13. The fourth-order valence-corrected chi connectivity index (χ4v) is 3.76. The van der Waals surface area contributed by atoms with Gasteiger partial charge >= 0.3 is 5.97 Å². The number of aromatic nitrogens is 2. The highest BCUT2D eigenvalue weighted by Gasteiger charge is 2.20. The van der Waals surface area contributed by atoms with Crippen molar-refractivity contribution in [2.45, 2.75) is 0 Å². The number of hydrogen-bond donors (Lipinski definition) is 1. The number of hydrogen-bond acceptors (Lipinski definition) is 4.